The minimum atomic E-state index is -5.88. The smallest absolute Gasteiger partial charge is 0.201 e. The monoisotopic (exact) mass is 274 g/mol. The first kappa shape index (κ1) is 15.5. The maximum atomic E-state index is 12.3. The summed E-state index contributed by atoms with van der Waals surface area (Å²) in [6.07, 6.45) is -7.22. The number of halogens is 10. The third-order valence-corrected chi connectivity index (χ3v) is 1.27. The van der Waals surface area contributed by atoms with E-state index in [0.717, 1.165) is 0 Å². The number of rotatable bonds is 3. The van der Waals surface area contributed by atoms with Crippen LogP contribution in [0.2, 0.25) is 0 Å². The van der Waals surface area contributed by atoms with Crippen molar-refractivity contribution in [2.45, 2.75) is 5.92 Å². The summed E-state index contributed by atoms with van der Waals surface area (Å²) in [5, 5.41) is 0. The lowest BCUT2D eigenvalue weighted by atomic mass is 10.2. The Morgan fingerprint density at radius 3 is 1.24 bits per heavy atom. The van der Waals surface area contributed by atoms with Gasteiger partial charge in [-0.1, -0.05) is 0 Å². The van der Waals surface area contributed by atoms with Gasteiger partial charge in [-0.25, -0.2) is 8.78 Å². The second kappa shape index (κ2) is 5.23. The molecule has 0 unspecified atom stereocenters. The van der Waals surface area contributed by atoms with Crippen molar-refractivity contribution in [1.29, 1.82) is 0 Å². The Kier molecular flexibility index (Phi) is 4.78. The number of hydrogen-bond donors (Lipinski definition) is 0. The molecule has 0 fully saturated rings. The van der Waals surface area contributed by atoms with Crippen molar-refractivity contribution >= 4 is 0 Å². The first-order chi connectivity index (χ1) is 7.53. The van der Waals surface area contributed by atoms with Gasteiger partial charge in [-0.2, -0.15) is 35.1 Å². The molecule has 17 heavy (non-hydrogen) atoms. The van der Waals surface area contributed by atoms with Gasteiger partial charge in [0, 0.05) is 0 Å². The fourth-order valence-corrected chi connectivity index (χ4v) is 0.532. The van der Waals surface area contributed by atoms with Gasteiger partial charge in [0.15, 0.2) is 0 Å². The lowest BCUT2D eigenvalue weighted by Crippen LogP contribution is -2.20. The molecule has 0 aliphatic carbocycles. The summed E-state index contributed by atoms with van der Waals surface area (Å²) in [4.78, 5) is 0. The quantitative estimate of drug-likeness (QED) is 0.505. The van der Waals surface area contributed by atoms with Crippen LogP contribution in [0.5, 0.6) is 0 Å². The van der Waals surface area contributed by atoms with Crippen LogP contribution in [0.3, 0.4) is 0 Å². The minimum absolute atomic E-state index is 3.34. The molecule has 0 saturated heterocycles. The Balaban J connectivity index is 5.75. The fraction of sp³-hybridized carbons (Fsp3) is 0.143. The standard InChI is InChI=1S/C7F10/c8-1(2(9)5(12)13)3(10)7(16,17)4(11)6(14)15/b3-1-. The predicted molar refractivity (Wildman–Crippen MR) is 34.9 cm³/mol. The van der Waals surface area contributed by atoms with Gasteiger partial charge in [0.05, 0.1) is 0 Å². The number of alkyl halides is 2. The van der Waals surface area contributed by atoms with Crippen molar-refractivity contribution < 1.29 is 43.9 Å². The van der Waals surface area contributed by atoms with Crippen LogP contribution in [0.15, 0.2) is 35.5 Å². The van der Waals surface area contributed by atoms with Crippen molar-refractivity contribution in [1.82, 2.24) is 0 Å². The Labute approximate surface area is 86.5 Å². The van der Waals surface area contributed by atoms with Crippen LogP contribution in [0.1, 0.15) is 0 Å². The van der Waals surface area contributed by atoms with Crippen LogP contribution in [0, 0.1) is 0 Å². The van der Waals surface area contributed by atoms with E-state index in [1.807, 2.05) is 0 Å². The molecule has 0 aromatic carbocycles. The third-order valence-electron chi connectivity index (χ3n) is 1.27. The van der Waals surface area contributed by atoms with Crippen LogP contribution in [0.4, 0.5) is 43.9 Å². The van der Waals surface area contributed by atoms with E-state index < -0.39 is 41.4 Å². The molecule has 0 heterocycles. The van der Waals surface area contributed by atoms with Crippen molar-refractivity contribution in [3.8, 4) is 0 Å². The molecule has 0 atom stereocenters. The van der Waals surface area contributed by atoms with Gasteiger partial charge in [0.1, 0.15) is 0 Å². The number of allylic oxidation sites excluding steroid dienone is 4. The summed E-state index contributed by atoms with van der Waals surface area (Å²) in [5.41, 5.74) is 0. The van der Waals surface area contributed by atoms with Crippen LogP contribution >= 0.6 is 0 Å². The SMILES string of the molecule is FC(F)=C(F)/C(F)=C(/F)C(F)(F)C(F)=C(F)F. The molecule has 0 spiro atoms. The normalized spacial score (nSPS) is 13.1. The molecule has 0 radical (unpaired) electrons. The molecule has 0 N–H and O–H groups in total. The molecule has 0 aliphatic heterocycles. The molecule has 0 aliphatic rings. The first-order valence-corrected chi connectivity index (χ1v) is 3.39. The molecule has 0 rings (SSSR count). The minimum Gasteiger partial charge on any atom is -0.201 e. The summed E-state index contributed by atoms with van der Waals surface area (Å²) in [6, 6.07) is 0. The van der Waals surface area contributed by atoms with Crippen LogP contribution in [-0.2, 0) is 0 Å². The van der Waals surface area contributed by atoms with Gasteiger partial charge in [-0.3, -0.25) is 0 Å². The Hall–Kier alpha value is -1.48. The van der Waals surface area contributed by atoms with Gasteiger partial charge >= 0.3 is 18.1 Å². The lowest BCUT2D eigenvalue weighted by Gasteiger charge is -2.11. The maximum Gasteiger partial charge on any atom is 0.357 e. The van der Waals surface area contributed by atoms with E-state index in [1.54, 1.807) is 0 Å². The lowest BCUT2D eigenvalue weighted by molar-refractivity contribution is 0.0227. The summed E-state index contributed by atoms with van der Waals surface area (Å²) in [5.74, 6) is -20.1. The highest BCUT2D eigenvalue weighted by Gasteiger charge is 2.47. The highest BCUT2D eigenvalue weighted by molar-refractivity contribution is 5.30. The van der Waals surface area contributed by atoms with E-state index in [1.165, 1.54) is 0 Å². The molecule has 0 aromatic heterocycles. The van der Waals surface area contributed by atoms with E-state index >= 15 is 0 Å². The summed E-state index contributed by atoms with van der Waals surface area (Å²) in [7, 11) is 0. The highest BCUT2D eigenvalue weighted by Crippen LogP contribution is 2.40. The van der Waals surface area contributed by atoms with E-state index in [9.17, 15) is 43.9 Å². The molecule has 0 bridgehead atoms. The average molecular weight is 274 g/mol. The molecule has 0 saturated carbocycles. The molecule has 0 nitrogen and oxygen atoms in total. The van der Waals surface area contributed by atoms with E-state index in [4.69, 9.17) is 0 Å². The Bertz CT molecular complexity index is 393. The molecule has 0 amide bonds. The van der Waals surface area contributed by atoms with E-state index in [0.29, 0.717) is 0 Å². The summed E-state index contributed by atoms with van der Waals surface area (Å²) >= 11 is 0. The highest BCUT2D eigenvalue weighted by atomic mass is 19.3. The molecule has 0 aromatic rings. The van der Waals surface area contributed by atoms with Crippen LogP contribution in [-0.4, -0.2) is 5.92 Å². The molecule has 10 heteroatoms. The number of hydrogen-bond acceptors (Lipinski definition) is 0. The van der Waals surface area contributed by atoms with Crippen molar-refractivity contribution in [2.24, 2.45) is 0 Å². The van der Waals surface area contributed by atoms with Crippen molar-refractivity contribution in [2.75, 3.05) is 0 Å². The second-order valence-electron chi connectivity index (χ2n) is 2.35. The Morgan fingerprint density at radius 2 is 0.941 bits per heavy atom. The Morgan fingerprint density at radius 1 is 0.529 bits per heavy atom. The summed E-state index contributed by atoms with van der Waals surface area (Å²) in [6.45, 7) is 0. The molecule has 98 valence electrons. The zero-order chi connectivity index (χ0) is 14.0. The van der Waals surface area contributed by atoms with E-state index in [-0.39, 0.29) is 0 Å². The molecular weight excluding hydrogens is 274 g/mol. The fourth-order valence-electron chi connectivity index (χ4n) is 0.532. The topological polar surface area (TPSA) is 0 Å². The van der Waals surface area contributed by atoms with Crippen molar-refractivity contribution in [3.63, 3.8) is 0 Å². The molecular formula is C7F10. The first-order valence-electron chi connectivity index (χ1n) is 3.39. The van der Waals surface area contributed by atoms with Gasteiger partial charge in [0.25, 0.3) is 0 Å². The van der Waals surface area contributed by atoms with Crippen molar-refractivity contribution in [3.05, 3.63) is 35.5 Å². The van der Waals surface area contributed by atoms with Gasteiger partial charge in [-0.15, -0.1) is 0 Å². The zero-order valence-electron chi connectivity index (χ0n) is 7.28. The third kappa shape index (κ3) is 3.24. The largest absolute Gasteiger partial charge is 0.357 e. The predicted octanol–water partition coefficient (Wildman–Crippen LogP) is 4.93. The van der Waals surface area contributed by atoms with Gasteiger partial charge < -0.3 is 0 Å². The van der Waals surface area contributed by atoms with Crippen LogP contribution < -0.4 is 0 Å². The van der Waals surface area contributed by atoms with E-state index in [2.05, 4.69) is 0 Å². The van der Waals surface area contributed by atoms with Gasteiger partial charge in [-0.05, 0) is 0 Å². The maximum absolute atomic E-state index is 12.3. The van der Waals surface area contributed by atoms with Gasteiger partial charge in [0.2, 0.25) is 23.3 Å². The van der Waals surface area contributed by atoms with Crippen LogP contribution in [0.25, 0.3) is 0 Å². The second-order valence-corrected chi connectivity index (χ2v) is 2.35. The zero-order valence-corrected chi connectivity index (χ0v) is 7.28. The average Bonchev–Trinajstić information content (AvgIpc) is 2.24. The summed E-state index contributed by atoms with van der Waals surface area (Å²) < 4.78 is 119.